The van der Waals surface area contributed by atoms with Gasteiger partial charge in [0.25, 0.3) is 10.0 Å². The molecule has 0 aliphatic carbocycles. The number of aromatic nitrogens is 5. The molecule has 3 aromatic rings. The van der Waals surface area contributed by atoms with Crippen molar-refractivity contribution in [3.8, 4) is 17.3 Å². The van der Waals surface area contributed by atoms with Crippen molar-refractivity contribution in [1.82, 2.24) is 29.3 Å². The molecule has 0 bridgehead atoms. The lowest BCUT2D eigenvalue weighted by molar-refractivity contribution is 0.256. The number of amides is 2. The van der Waals surface area contributed by atoms with Crippen LogP contribution in [0.2, 0.25) is 0 Å². The SMILES string of the molecule is COc1nc(C)nc(NC(=O)NS(=O)(=O)c2ccccc2-c2csnn2)n1. The predicted octanol–water partition coefficient (Wildman–Crippen LogP) is 1.22. The van der Waals surface area contributed by atoms with E-state index >= 15 is 0 Å². The summed E-state index contributed by atoms with van der Waals surface area (Å²) in [6, 6.07) is 5.09. The molecule has 140 valence electrons. The molecule has 2 aromatic heterocycles. The number of hydrogen-bond donors (Lipinski definition) is 2. The Morgan fingerprint density at radius 1 is 1.19 bits per heavy atom. The van der Waals surface area contributed by atoms with Gasteiger partial charge in [0.1, 0.15) is 11.5 Å². The molecule has 0 saturated heterocycles. The van der Waals surface area contributed by atoms with Crippen LogP contribution < -0.4 is 14.8 Å². The Kier molecular flexibility index (Phi) is 5.23. The van der Waals surface area contributed by atoms with Gasteiger partial charge in [0.15, 0.2) is 0 Å². The summed E-state index contributed by atoms with van der Waals surface area (Å²) in [4.78, 5) is 23.6. The Morgan fingerprint density at radius 3 is 2.67 bits per heavy atom. The molecule has 0 fully saturated rings. The van der Waals surface area contributed by atoms with E-state index in [1.165, 1.54) is 19.2 Å². The number of anilines is 1. The molecular weight excluding hydrogens is 394 g/mol. The van der Waals surface area contributed by atoms with Gasteiger partial charge in [0.05, 0.1) is 12.0 Å². The van der Waals surface area contributed by atoms with E-state index in [1.54, 1.807) is 24.4 Å². The van der Waals surface area contributed by atoms with Crippen LogP contribution in [-0.4, -0.2) is 46.1 Å². The zero-order chi connectivity index (χ0) is 19.4. The molecule has 27 heavy (non-hydrogen) atoms. The number of rotatable bonds is 5. The van der Waals surface area contributed by atoms with E-state index in [0.29, 0.717) is 17.1 Å². The van der Waals surface area contributed by atoms with E-state index in [0.717, 1.165) is 11.5 Å². The van der Waals surface area contributed by atoms with Gasteiger partial charge in [-0.25, -0.2) is 17.9 Å². The van der Waals surface area contributed by atoms with Crippen LogP contribution in [0.3, 0.4) is 0 Å². The molecule has 11 nitrogen and oxygen atoms in total. The first kappa shape index (κ1) is 18.6. The van der Waals surface area contributed by atoms with Crippen LogP contribution in [-0.2, 0) is 10.0 Å². The van der Waals surface area contributed by atoms with Crippen molar-refractivity contribution in [1.29, 1.82) is 0 Å². The Balaban J connectivity index is 1.83. The first-order valence-corrected chi connectivity index (χ1v) is 9.68. The molecule has 0 aliphatic rings. The van der Waals surface area contributed by atoms with Crippen LogP contribution >= 0.6 is 11.5 Å². The smallest absolute Gasteiger partial charge is 0.335 e. The lowest BCUT2D eigenvalue weighted by Gasteiger charge is -2.11. The summed E-state index contributed by atoms with van der Waals surface area (Å²) in [6.45, 7) is 1.57. The topological polar surface area (TPSA) is 149 Å². The third-order valence-electron chi connectivity index (χ3n) is 3.17. The number of urea groups is 1. The number of nitrogens with zero attached hydrogens (tertiary/aromatic N) is 5. The first-order valence-electron chi connectivity index (χ1n) is 7.36. The van der Waals surface area contributed by atoms with Gasteiger partial charge < -0.3 is 4.74 Å². The molecule has 3 rings (SSSR count). The van der Waals surface area contributed by atoms with Gasteiger partial charge in [-0.05, 0) is 24.5 Å². The second kappa shape index (κ2) is 7.59. The van der Waals surface area contributed by atoms with E-state index < -0.39 is 16.1 Å². The lowest BCUT2D eigenvalue weighted by atomic mass is 10.2. The summed E-state index contributed by atoms with van der Waals surface area (Å²) in [6.07, 6.45) is 0. The molecule has 0 radical (unpaired) electrons. The highest BCUT2D eigenvalue weighted by Crippen LogP contribution is 2.26. The molecule has 1 aromatic carbocycles. The number of sulfonamides is 1. The molecule has 0 aliphatic heterocycles. The van der Waals surface area contributed by atoms with Gasteiger partial charge in [0.2, 0.25) is 5.95 Å². The summed E-state index contributed by atoms with van der Waals surface area (Å²) in [5, 5.41) is 7.72. The van der Waals surface area contributed by atoms with Crippen molar-refractivity contribution >= 4 is 33.5 Å². The van der Waals surface area contributed by atoms with Crippen molar-refractivity contribution in [2.75, 3.05) is 12.4 Å². The van der Waals surface area contributed by atoms with Gasteiger partial charge >= 0.3 is 12.0 Å². The summed E-state index contributed by atoms with van der Waals surface area (Å²) >= 11 is 1.08. The molecule has 0 atom stereocenters. The highest BCUT2D eigenvalue weighted by molar-refractivity contribution is 7.90. The van der Waals surface area contributed by atoms with E-state index in [9.17, 15) is 13.2 Å². The maximum Gasteiger partial charge on any atom is 0.335 e. The zero-order valence-electron chi connectivity index (χ0n) is 14.1. The summed E-state index contributed by atoms with van der Waals surface area (Å²) < 4.78 is 35.8. The first-order chi connectivity index (χ1) is 12.9. The van der Waals surface area contributed by atoms with Gasteiger partial charge in [0, 0.05) is 10.9 Å². The molecule has 2 N–H and O–H groups in total. The van der Waals surface area contributed by atoms with E-state index in [1.807, 2.05) is 4.72 Å². The molecule has 2 amide bonds. The maximum absolute atomic E-state index is 12.6. The number of aryl methyl sites for hydroxylation is 1. The maximum atomic E-state index is 12.6. The largest absolute Gasteiger partial charge is 0.467 e. The third-order valence-corrected chi connectivity index (χ3v) is 5.07. The van der Waals surface area contributed by atoms with Gasteiger partial charge in [-0.15, -0.1) is 5.10 Å². The number of hydrogen-bond acceptors (Lipinski definition) is 10. The number of methoxy groups -OCH3 is 1. The minimum atomic E-state index is -4.19. The van der Waals surface area contributed by atoms with Crippen LogP contribution in [0.25, 0.3) is 11.3 Å². The van der Waals surface area contributed by atoms with Gasteiger partial charge in [-0.1, -0.05) is 22.7 Å². The predicted molar refractivity (Wildman–Crippen MR) is 95.8 cm³/mol. The van der Waals surface area contributed by atoms with E-state index in [2.05, 4.69) is 29.9 Å². The fourth-order valence-electron chi connectivity index (χ4n) is 2.10. The fourth-order valence-corrected chi connectivity index (χ4v) is 3.68. The van der Waals surface area contributed by atoms with Crippen LogP contribution in [0.15, 0.2) is 34.5 Å². The van der Waals surface area contributed by atoms with E-state index in [4.69, 9.17) is 4.74 Å². The number of carbonyl (C=O) groups is 1. The highest BCUT2D eigenvalue weighted by Gasteiger charge is 2.23. The van der Waals surface area contributed by atoms with Crippen molar-refractivity contribution in [2.45, 2.75) is 11.8 Å². The Labute approximate surface area is 158 Å². The van der Waals surface area contributed by atoms with Crippen molar-refractivity contribution in [2.24, 2.45) is 0 Å². The molecule has 0 spiro atoms. The van der Waals surface area contributed by atoms with Gasteiger partial charge in [-0.2, -0.15) is 15.0 Å². The molecule has 13 heteroatoms. The van der Waals surface area contributed by atoms with Crippen LogP contribution in [0, 0.1) is 6.92 Å². The highest BCUT2D eigenvalue weighted by atomic mass is 32.2. The number of nitrogens with one attached hydrogen (secondary N) is 2. The average Bonchev–Trinajstić information content (AvgIpc) is 3.15. The fraction of sp³-hybridized carbons (Fsp3) is 0.143. The second-order valence-electron chi connectivity index (χ2n) is 5.04. The van der Waals surface area contributed by atoms with E-state index in [-0.39, 0.29) is 16.9 Å². The number of ether oxygens (including phenoxy) is 1. The lowest BCUT2D eigenvalue weighted by Crippen LogP contribution is -2.35. The summed E-state index contributed by atoms with van der Waals surface area (Å²) in [5.74, 6) is 0.144. The average molecular weight is 407 g/mol. The monoisotopic (exact) mass is 407 g/mol. The van der Waals surface area contributed by atoms with Crippen LogP contribution in [0.1, 0.15) is 5.82 Å². The van der Waals surface area contributed by atoms with Gasteiger partial charge in [-0.3, -0.25) is 5.32 Å². The van der Waals surface area contributed by atoms with Crippen LogP contribution in [0.5, 0.6) is 6.01 Å². The number of benzene rings is 1. The number of carbonyl (C=O) groups excluding carboxylic acids is 1. The third kappa shape index (κ3) is 4.32. The quantitative estimate of drug-likeness (QED) is 0.636. The Morgan fingerprint density at radius 2 is 1.96 bits per heavy atom. The zero-order valence-corrected chi connectivity index (χ0v) is 15.7. The van der Waals surface area contributed by atoms with Crippen molar-refractivity contribution in [3.05, 3.63) is 35.5 Å². The Bertz CT molecular complexity index is 1070. The standard InChI is InChI=1S/C14H13N7O4S2/c1-8-15-12(18-14(16-8)25-2)17-13(22)20-27(23,24)11-6-4-3-5-9(11)10-7-26-21-19-10/h3-7H,1-2H3,(H2,15,16,17,18,20,22). The normalized spacial score (nSPS) is 11.0. The molecular formula is C14H13N7O4S2. The minimum Gasteiger partial charge on any atom is -0.467 e. The molecule has 0 unspecified atom stereocenters. The van der Waals surface area contributed by atoms with Crippen molar-refractivity contribution < 1.29 is 17.9 Å². The molecule has 0 saturated carbocycles. The summed E-state index contributed by atoms with van der Waals surface area (Å²) in [5.41, 5.74) is 0.712. The van der Waals surface area contributed by atoms with Crippen molar-refractivity contribution in [3.63, 3.8) is 0 Å². The Hall–Kier alpha value is -3.19. The van der Waals surface area contributed by atoms with Crippen LogP contribution in [0.4, 0.5) is 10.7 Å². The second-order valence-corrected chi connectivity index (χ2v) is 7.30. The summed E-state index contributed by atoms with van der Waals surface area (Å²) in [7, 11) is -2.84. The molecule has 2 heterocycles. The minimum absolute atomic E-state index is 0.0120.